The topological polar surface area (TPSA) is 75.6 Å². The third-order valence-corrected chi connectivity index (χ3v) is 2.60. The Kier molecular flexibility index (Phi) is 5.71. The molecule has 0 aliphatic rings. The van der Waals surface area contributed by atoms with Crippen molar-refractivity contribution >= 4 is 11.9 Å². The van der Waals surface area contributed by atoms with Crippen molar-refractivity contribution in [1.82, 2.24) is 5.32 Å². The molecule has 5 nitrogen and oxygen atoms in total. The first kappa shape index (κ1) is 17.0. The standard InChI is InChI=1S/C13H14F3NO4/c1-21-7-11(18)17-10(12(19)20)6-8-3-2-4-9(5-8)13(14,15)16/h2-5,10H,6-7H2,1H3,(H,17,18)(H,19,20)/t10-/m0/s1. The van der Waals surface area contributed by atoms with E-state index in [0.717, 1.165) is 12.1 Å². The predicted octanol–water partition coefficient (Wildman–Crippen LogP) is 1.46. The summed E-state index contributed by atoms with van der Waals surface area (Å²) in [7, 11) is 1.27. The van der Waals surface area contributed by atoms with E-state index >= 15 is 0 Å². The molecule has 8 heteroatoms. The number of carbonyl (C=O) groups is 2. The summed E-state index contributed by atoms with van der Waals surface area (Å²) in [6, 6.07) is 2.99. The first-order chi connectivity index (χ1) is 9.74. The van der Waals surface area contributed by atoms with Crippen LogP contribution in [0.4, 0.5) is 13.2 Å². The van der Waals surface area contributed by atoms with Gasteiger partial charge in [0.1, 0.15) is 12.6 Å². The number of alkyl halides is 3. The van der Waals surface area contributed by atoms with Crippen LogP contribution >= 0.6 is 0 Å². The summed E-state index contributed by atoms with van der Waals surface area (Å²) in [5, 5.41) is 11.2. The molecule has 0 fully saturated rings. The van der Waals surface area contributed by atoms with Crippen molar-refractivity contribution in [1.29, 1.82) is 0 Å². The van der Waals surface area contributed by atoms with Crippen LogP contribution in [0.2, 0.25) is 0 Å². The second-order valence-corrected chi connectivity index (χ2v) is 4.29. The first-order valence-electron chi connectivity index (χ1n) is 5.91. The van der Waals surface area contributed by atoms with Gasteiger partial charge in [0.25, 0.3) is 0 Å². The highest BCUT2D eigenvalue weighted by atomic mass is 19.4. The highest BCUT2D eigenvalue weighted by Crippen LogP contribution is 2.29. The minimum absolute atomic E-state index is 0.162. The third kappa shape index (κ3) is 5.42. The number of aliphatic carboxylic acids is 1. The quantitative estimate of drug-likeness (QED) is 0.834. The number of halogens is 3. The molecule has 1 aromatic rings. The Hall–Kier alpha value is -2.09. The molecule has 2 N–H and O–H groups in total. The van der Waals surface area contributed by atoms with Crippen LogP contribution in [-0.2, 0) is 26.9 Å². The zero-order chi connectivity index (χ0) is 16.0. The molecular weight excluding hydrogens is 291 g/mol. The van der Waals surface area contributed by atoms with Crippen molar-refractivity contribution in [2.24, 2.45) is 0 Å². The van der Waals surface area contributed by atoms with Crippen LogP contribution in [0, 0.1) is 0 Å². The van der Waals surface area contributed by atoms with Gasteiger partial charge in [-0.25, -0.2) is 4.79 Å². The summed E-state index contributed by atoms with van der Waals surface area (Å²) >= 11 is 0. The smallest absolute Gasteiger partial charge is 0.416 e. The Bertz CT molecular complexity index is 516. The Labute approximate surface area is 118 Å². The van der Waals surface area contributed by atoms with Gasteiger partial charge in [-0.3, -0.25) is 4.79 Å². The second-order valence-electron chi connectivity index (χ2n) is 4.29. The van der Waals surface area contributed by atoms with Crippen LogP contribution in [0.3, 0.4) is 0 Å². The first-order valence-corrected chi connectivity index (χ1v) is 5.91. The minimum Gasteiger partial charge on any atom is -0.480 e. The maximum atomic E-state index is 12.6. The molecule has 0 radical (unpaired) electrons. The van der Waals surface area contributed by atoms with E-state index in [1.807, 2.05) is 0 Å². The van der Waals surface area contributed by atoms with Gasteiger partial charge >= 0.3 is 12.1 Å². The Morgan fingerprint density at radius 1 is 1.38 bits per heavy atom. The lowest BCUT2D eigenvalue weighted by Crippen LogP contribution is -2.43. The van der Waals surface area contributed by atoms with Gasteiger partial charge in [-0.05, 0) is 11.6 Å². The molecule has 1 atom stereocenters. The summed E-state index contributed by atoms with van der Waals surface area (Å²) in [5.41, 5.74) is -0.706. The average Bonchev–Trinajstić information content (AvgIpc) is 2.37. The lowest BCUT2D eigenvalue weighted by Gasteiger charge is -2.15. The fraction of sp³-hybridized carbons (Fsp3) is 0.385. The number of nitrogens with one attached hydrogen (secondary N) is 1. The molecule has 0 saturated carbocycles. The number of carbonyl (C=O) groups excluding carboxylic acids is 1. The van der Waals surface area contributed by atoms with Crippen LogP contribution in [0.1, 0.15) is 11.1 Å². The number of carboxylic acids is 1. The highest BCUT2D eigenvalue weighted by Gasteiger charge is 2.30. The highest BCUT2D eigenvalue weighted by molar-refractivity contribution is 5.84. The molecular formula is C13H14F3NO4. The molecule has 0 heterocycles. The van der Waals surface area contributed by atoms with Crippen LogP contribution in [0.5, 0.6) is 0 Å². The molecule has 1 aromatic carbocycles. The molecule has 116 valence electrons. The third-order valence-electron chi connectivity index (χ3n) is 2.60. The molecule has 0 aliphatic heterocycles. The van der Waals surface area contributed by atoms with Crippen LogP contribution in [0.25, 0.3) is 0 Å². The molecule has 0 bridgehead atoms. The van der Waals surface area contributed by atoms with Gasteiger partial charge < -0.3 is 15.2 Å². The Balaban J connectivity index is 2.85. The number of benzene rings is 1. The van der Waals surface area contributed by atoms with Gasteiger partial charge in [0.15, 0.2) is 0 Å². The molecule has 0 saturated heterocycles. The SMILES string of the molecule is COCC(=O)N[C@@H](Cc1cccc(C(F)(F)F)c1)C(=O)O. The van der Waals surface area contributed by atoms with E-state index in [2.05, 4.69) is 10.1 Å². The van der Waals surface area contributed by atoms with E-state index in [4.69, 9.17) is 5.11 Å². The molecule has 0 aliphatic carbocycles. The van der Waals surface area contributed by atoms with Crippen LogP contribution in [0.15, 0.2) is 24.3 Å². The number of carboxylic acid groups (broad SMARTS) is 1. The van der Waals surface area contributed by atoms with Gasteiger partial charge in [0.05, 0.1) is 5.56 Å². The van der Waals surface area contributed by atoms with E-state index in [1.54, 1.807) is 0 Å². The van der Waals surface area contributed by atoms with E-state index < -0.39 is 29.7 Å². The van der Waals surface area contributed by atoms with E-state index in [1.165, 1.54) is 19.2 Å². The zero-order valence-corrected chi connectivity index (χ0v) is 11.1. The molecule has 0 unspecified atom stereocenters. The van der Waals surface area contributed by atoms with E-state index in [9.17, 15) is 22.8 Å². The summed E-state index contributed by atoms with van der Waals surface area (Å²) in [4.78, 5) is 22.3. The summed E-state index contributed by atoms with van der Waals surface area (Å²) in [6.45, 7) is -0.327. The largest absolute Gasteiger partial charge is 0.480 e. The second kappa shape index (κ2) is 7.07. The number of rotatable bonds is 6. The molecule has 1 amide bonds. The van der Waals surface area contributed by atoms with Crippen molar-refractivity contribution in [3.05, 3.63) is 35.4 Å². The number of ether oxygens (including phenoxy) is 1. The van der Waals surface area contributed by atoms with Gasteiger partial charge in [-0.2, -0.15) is 13.2 Å². The fourth-order valence-corrected chi connectivity index (χ4v) is 1.68. The molecule has 21 heavy (non-hydrogen) atoms. The van der Waals surface area contributed by atoms with Crippen molar-refractivity contribution in [3.63, 3.8) is 0 Å². The monoisotopic (exact) mass is 305 g/mol. The Morgan fingerprint density at radius 3 is 2.57 bits per heavy atom. The van der Waals surface area contributed by atoms with Crippen LogP contribution < -0.4 is 5.32 Å². The predicted molar refractivity (Wildman–Crippen MR) is 66.6 cm³/mol. The van der Waals surface area contributed by atoms with Gasteiger partial charge in [0.2, 0.25) is 5.91 Å². The molecule has 0 spiro atoms. The molecule has 1 rings (SSSR count). The van der Waals surface area contributed by atoms with Crippen molar-refractivity contribution in [2.75, 3.05) is 13.7 Å². The molecule has 0 aromatic heterocycles. The summed E-state index contributed by atoms with van der Waals surface area (Å²) in [5.74, 6) is -1.99. The van der Waals surface area contributed by atoms with Gasteiger partial charge in [-0.15, -0.1) is 0 Å². The maximum Gasteiger partial charge on any atom is 0.416 e. The van der Waals surface area contributed by atoms with E-state index in [0.29, 0.717) is 0 Å². The fourth-order valence-electron chi connectivity index (χ4n) is 1.68. The van der Waals surface area contributed by atoms with Gasteiger partial charge in [-0.1, -0.05) is 18.2 Å². The maximum absolute atomic E-state index is 12.6. The minimum atomic E-state index is -4.51. The average molecular weight is 305 g/mol. The van der Waals surface area contributed by atoms with Crippen molar-refractivity contribution < 1.29 is 32.6 Å². The summed E-state index contributed by atoms with van der Waals surface area (Å²) < 4.78 is 42.3. The number of methoxy groups -OCH3 is 1. The normalized spacial score (nSPS) is 12.8. The van der Waals surface area contributed by atoms with Crippen LogP contribution in [-0.4, -0.2) is 36.7 Å². The number of hydrogen-bond donors (Lipinski definition) is 2. The lowest BCUT2D eigenvalue weighted by atomic mass is 10.0. The van der Waals surface area contributed by atoms with E-state index in [-0.39, 0.29) is 18.6 Å². The number of hydrogen-bond acceptors (Lipinski definition) is 3. The summed E-state index contributed by atoms with van der Waals surface area (Å²) in [6.07, 6.45) is -4.76. The van der Waals surface area contributed by atoms with Crippen molar-refractivity contribution in [2.45, 2.75) is 18.6 Å². The number of amides is 1. The lowest BCUT2D eigenvalue weighted by molar-refractivity contribution is -0.142. The van der Waals surface area contributed by atoms with Crippen molar-refractivity contribution in [3.8, 4) is 0 Å². The zero-order valence-electron chi connectivity index (χ0n) is 11.1. The Morgan fingerprint density at radius 2 is 2.05 bits per heavy atom. The van der Waals surface area contributed by atoms with Gasteiger partial charge in [0, 0.05) is 13.5 Å².